The fraction of sp³-hybridized carbons (Fsp3) is 0.667. The molecule has 0 amide bonds. The van der Waals surface area contributed by atoms with Crippen LogP contribution in [0, 0.1) is 11.8 Å². The van der Waals surface area contributed by atoms with Gasteiger partial charge in [-0.25, -0.2) is 0 Å². The first-order chi connectivity index (χ1) is 10.4. The van der Waals surface area contributed by atoms with E-state index in [2.05, 4.69) is 34.9 Å². The van der Waals surface area contributed by atoms with Crippen molar-refractivity contribution in [3.8, 4) is 5.75 Å². The second kappa shape index (κ2) is 5.62. The molecule has 0 radical (unpaired) electrons. The zero-order chi connectivity index (χ0) is 14.2. The van der Waals surface area contributed by atoms with Crippen LogP contribution >= 0.6 is 0 Å². The summed E-state index contributed by atoms with van der Waals surface area (Å²) in [5.74, 6) is 2.77. The molecule has 2 N–H and O–H groups in total. The fourth-order valence-corrected chi connectivity index (χ4v) is 5.01. The van der Waals surface area contributed by atoms with Gasteiger partial charge in [-0.05, 0) is 43.7 Å². The van der Waals surface area contributed by atoms with E-state index < -0.39 is 0 Å². The lowest BCUT2D eigenvalue weighted by atomic mass is 9.73. The van der Waals surface area contributed by atoms with Gasteiger partial charge in [-0.3, -0.25) is 0 Å². The van der Waals surface area contributed by atoms with E-state index in [0.29, 0.717) is 12.1 Å². The van der Waals surface area contributed by atoms with Gasteiger partial charge < -0.3 is 15.4 Å². The Morgan fingerprint density at radius 2 is 1.90 bits per heavy atom. The number of fused-ring (bicyclic) bond motifs is 3. The maximum atomic E-state index is 5.60. The molecule has 114 valence electrons. The van der Waals surface area contributed by atoms with Crippen molar-refractivity contribution in [3.63, 3.8) is 0 Å². The van der Waals surface area contributed by atoms with Crippen LogP contribution in [0.5, 0.6) is 5.75 Å². The van der Waals surface area contributed by atoms with Gasteiger partial charge in [0.05, 0.1) is 13.2 Å². The normalized spacial score (nSPS) is 38.6. The number of hydrogen-bond donors (Lipinski definition) is 2. The molecule has 3 heteroatoms. The van der Waals surface area contributed by atoms with Crippen molar-refractivity contribution in [1.29, 1.82) is 0 Å². The van der Waals surface area contributed by atoms with Gasteiger partial charge in [0.1, 0.15) is 5.75 Å². The summed E-state index contributed by atoms with van der Waals surface area (Å²) in [6.45, 7) is 1.13. The third-order valence-corrected chi connectivity index (χ3v) is 5.91. The highest BCUT2D eigenvalue weighted by Crippen LogP contribution is 2.45. The molecule has 2 heterocycles. The van der Waals surface area contributed by atoms with Gasteiger partial charge in [0.25, 0.3) is 0 Å². The predicted octanol–water partition coefficient (Wildman–Crippen LogP) is 2.88. The summed E-state index contributed by atoms with van der Waals surface area (Å²) in [6, 6.07) is 10.2. The van der Waals surface area contributed by atoms with Crippen molar-refractivity contribution in [2.24, 2.45) is 11.8 Å². The minimum absolute atomic E-state index is 0.394. The van der Waals surface area contributed by atoms with Crippen LogP contribution in [0.25, 0.3) is 0 Å². The van der Waals surface area contributed by atoms with Gasteiger partial charge in [-0.2, -0.15) is 0 Å². The number of ether oxygens (including phenoxy) is 1. The monoisotopic (exact) mass is 286 g/mol. The molecule has 3 aliphatic rings. The van der Waals surface area contributed by atoms with Crippen LogP contribution in [-0.4, -0.2) is 25.7 Å². The van der Waals surface area contributed by atoms with Gasteiger partial charge in [0.2, 0.25) is 0 Å². The Balaban J connectivity index is 1.64. The highest BCUT2D eigenvalue weighted by molar-refractivity contribution is 5.37. The molecule has 1 aliphatic carbocycles. The van der Waals surface area contributed by atoms with Gasteiger partial charge in [0, 0.05) is 17.6 Å². The van der Waals surface area contributed by atoms with Crippen molar-refractivity contribution in [3.05, 3.63) is 29.8 Å². The van der Waals surface area contributed by atoms with Crippen LogP contribution in [0.4, 0.5) is 0 Å². The molecule has 1 aromatic rings. The summed E-state index contributed by atoms with van der Waals surface area (Å²) < 4.78 is 5.60. The number of para-hydroxylation sites is 1. The van der Waals surface area contributed by atoms with E-state index in [9.17, 15) is 0 Å². The zero-order valence-corrected chi connectivity index (χ0v) is 12.8. The molecule has 5 unspecified atom stereocenters. The Bertz CT molecular complexity index is 504. The van der Waals surface area contributed by atoms with E-state index in [1.807, 2.05) is 0 Å². The molecule has 2 saturated heterocycles. The van der Waals surface area contributed by atoms with E-state index in [1.165, 1.54) is 37.7 Å². The van der Waals surface area contributed by atoms with Crippen molar-refractivity contribution >= 4 is 0 Å². The van der Waals surface area contributed by atoms with E-state index >= 15 is 0 Å². The fourth-order valence-electron chi connectivity index (χ4n) is 5.01. The van der Waals surface area contributed by atoms with Crippen molar-refractivity contribution in [1.82, 2.24) is 10.6 Å². The number of hydrogen-bond acceptors (Lipinski definition) is 3. The molecule has 5 atom stereocenters. The largest absolute Gasteiger partial charge is 0.496 e. The van der Waals surface area contributed by atoms with Crippen LogP contribution in [-0.2, 0) is 0 Å². The van der Waals surface area contributed by atoms with Gasteiger partial charge in [-0.15, -0.1) is 0 Å². The molecule has 0 spiro atoms. The Kier molecular flexibility index (Phi) is 3.64. The molecular weight excluding hydrogens is 260 g/mol. The molecular formula is C18H26N2O. The Morgan fingerprint density at radius 3 is 2.81 bits per heavy atom. The molecule has 4 rings (SSSR count). The summed E-state index contributed by atoms with van der Waals surface area (Å²) in [6.07, 6.45) is 6.96. The summed E-state index contributed by atoms with van der Waals surface area (Å²) in [4.78, 5) is 0. The number of benzene rings is 1. The summed E-state index contributed by atoms with van der Waals surface area (Å²) in [5.41, 5.74) is 1.32. The zero-order valence-electron chi connectivity index (χ0n) is 12.8. The Morgan fingerprint density at radius 1 is 1.05 bits per heavy atom. The minimum Gasteiger partial charge on any atom is -0.496 e. The SMILES string of the molecule is COc1ccccc1C1NCCC2C3CCCCC3NC12. The standard InChI is InChI=1S/C18H26N2O/c1-21-16-9-5-3-7-14(16)17-18-13(10-11-19-17)12-6-2-4-8-15(12)20-18/h3,5,7,9,12-13,15,17-20H,2,4,6,8,10-11H2,1H3. The summed E-state index contributed by atoms with van der Waals surface area (Å²) >= 11 is 0. The molecule has 0 aromatic heterocycles. The number of methoxy groups -OCH3 is 1. The summed E-state index contributed by atoms with van der Waals surface area (Å²) in [5, 5.41) is 7.73. The smallest absolute Gasteiger partial charge is 0.123 e. The minimum atomic E-state index is 0.394. The maximum Gasteiger partial charge on any atom is 0.123 e. The molecule has 0 bridgehead atoms. The second-order valence-corrected chi connectivity index (χ2v) is 6.87. The van der Waals surface area contributed by atoms with Crippen LogP contribution < -0.4 is 15.4 Å². The van der Waals surface area contributed by atoms with E-state index in [1.54, 1.807) is 7.11 Å². The first-order valence-corrected chi connectivity index (χ1v) is 8.51. The van der Waals surface area contributed by atoms with Crippen molar-refractivity contribution in [2.75, 3.05) is 13.7 Å². The maximum absolute atomic E-state index is 5.60. The average Bonchev–Trinajstić information content (AvgIpc) is 2.93. The second-order valence-electron chi connectivity index (χ2n) is 6.87. The van der Waals surface area contributed by atoms with Gasteiger partial charge >= 0.3 is 0 Å². The average molecular weight is 286 g/mol. The number of rotatable bonds is 2. The lowest BCUT2D eigenvalue weighted by Gasteiger charge is -2.37. The highest BCUT2D eigenvalue weighted by Gasteiger charge is 2.48. The van der Waals surface area contributed by atoms with E-state index in [4.69, 9.17) is 4.74 Å². The molecule has 3 nitrogen and oxygen atoms in total. The van der Waals surface area contributed by atoms with Crippen LogP contribution in [0.15, 0.2) is 24.3 Å². The first kappa shape index (κ1) is 13.6. The lowest BCUT2D eigenvalue weighted by molar-refractivity contribution is 0.209. The van der Waals surface area contributed by atoms with Crippen LogP contribution in [0.2, 0.25) is 0 Å². The molecule has 3 fully saturated rings. The third kappa shape index (κ3) is 2.27. The third-order valence-electron chi connectivity index (χ3n) is 5.91. The van der Waals surface area contributed by atoms with Gasteiger partial charge in [0.15, 0.2) is 0 Å². The van der Waals surface area contributed by atoms with Gasteiger partial charge in [-0.1, -0.05) is 31.0 Å². The molecule has 1 aromatic carbocycles. The number of nitrogens with one attached hydrogen (secondary N) is 2. The van der Waals surface area contributed by atoms with Crippen molar-refractivity contribution in [2.45, 2.75) is 50.2 Å². The van der Waals surface area contributed by atoms with Crippen molar-refractivity contribution < 1.29 is 4.74 Å². The Labute approximate surface area is 127 Å². The first-order valence-electron chi connectivity index (χ1n) is 8.51. The van der Waals surface area contributed by atoms with Crippen LogP contribution in [0.1, 0.15) is 43.7 Å². The molecule has 1 saturated carbocycles. The molecule has 21 heavy (non-hydrogen) atoms. The van der Waals surface area contributed by atoms with Crippen LogP contribution in [0.3, 0.4) is 0 Å². The molecule has 2 aliphatic heterocycles. The number of piperidine rings is 1. The highest BCUT2D eigenvalue weighted by atomic mass is 16.5. The predicted molar refractivity (Wildman–Crippen MR) is 84.5 cm³/mol. The quantitative estimate of drug-likeness (QED) is 0.877. The lowest BCUT2D eigenvalue weighted by Crippen LogP contribution is -2.47. The Hall–Kier alpha value is -1.06. The van der Waals surface area contributed by atoms with E-state index in [0.717, 1.165) is 30.2 Å². The topological polar surface area (TPSA) is 33.3 Å². The summed E-state index contributed by atoms with van der Waals surface area (Å²) in [7, 11) is 1.78. The van der Waals surface area contributed by atoms with E-state index in [-0.39, 0.29) is 0 Å².